The summed E-state index contributed by atoms with van der Waals surface area (Å²) >= 11 is 0. The van der Waals surface area contributed by atoms with Crippen LogP contribution in [0.1, 0.15) is 5.56 Å². The van der Waals surface area contributed by atoms with Gasteiger partial charge in [-0.3, -0.25) is 9.78 Å². The summed E-state index contributed by atoms with van der Waals surface area (Å²) in [6.07, 6.45) is 2.18. The molecule has 0 saturated carbocycles. The van der Waals surface area contributed by atoms with Gasteiger partial charge >= 0.3 is 0 Å². The van der Waals surface area contributed by atoms with Crippen LogP contribution in [-0.4, -0.2) is 47.2 Å². The summed E-state index contributed by atoms with van der Waals surface area (Å²) < 4.78 is 0. The Hall–Kier alpha value is -4.91. The summed E-state index contributed by atoms with van der Waals surface area (Å²) in [7, 11) is 0. The highest BCUT2D eigenvalue weighted by atomic mass is 16.3. The molecular weight excluding hydrogens is 486 g/mol. The maximum absolute atomic E-state index is 12.4. The SMILES string of the molecule is O=C(Cc1ccccc1)Nc1ccc(-c2ccc3ncc(N4CCN(c5ccccc5O)CC4)nc3c2)cc1. The van der Waals surface area contributed by atoms with Gasteiger partial charge in [-0.25, -0.2) is 4.98 Å². The molecule has 1 aromatic heterocycles. The van der Waals surface area contributed by atoms with Gasteiger partial charge in [-0.05, 0) is 53.1 Å². The molecule has 6 rings (SSSR count). The van der Waals surface area contributed by atoms with Gasteiger partial charge in [-0.15, -0.1) is 0 Å². The zero-order valence-electron chi connectivity index (χ0n) is 21.5. The molecule has 1 fully saturated rings. The first-order valence-electron chi connectivity index (χ1n) is 13.1. The maximum Gasteiger partial charge on any atom is 0.228 e. The molecule has 194 valence electrons. The van der Waals surface area contributed by atoms with Gasteiger partial charge < -0.3 is 20.2 Å². The lowest BCUT2D eigenvalue weighted by Crippen LogP contribution is -2.46. The van der Waals surface area contributed by atoms with E-state index in [0.717, 1.165) is 71.1 Å². The van der Waals surface area contributed by atoms with Crippen molar-refractivity contribution in [1.29, 1.82) is 0 Å². The molecule has 1 amide bonds. The van der Waals surface area contributed by atoms with E-state index in [-0.39, 0.29) is 5.91 Å². The van der Waals surface area contributed by atoms with Crippen LogP contribution in [0.25, 0.3) is 22.2 Å². The number of nitrogens with one attached hydrogen (secondary N) is 1. The summed E-state index contributed by atoms with van der Waals surface area (Å²) in [5, 5.41) is 13.2. The minimum Gasteiger partial charge on any atom is -0.506 e. The minimum absolute atomic E-state index is 0.0381. The average molecular weight is 516 g/mol. The number of phenols is 1. The van der Waals surface area contributed by atoms with Crippen LogP contribution in [-0.2, 0) is 11.2 Å². The lowest BCUT2D eigenvalue weighted by molar-refractivity contribution is -0.115. The van der Waals surface area contributed by atoms with Gasteiger partial charge in [0.15, 0.2) is 0 Å². The molecule has 1 saturated heterocycles. The van der Waals surface area contributed by atoms with E-state index in [4.69, 9.17) is 4.98 Å². The van der Waals surface area contributed by atoms with Crippen molar-refractivity contribution in [3.8, 4) is 16.9 Å². The Bertz CT molecular complexity index is 1600. The van der Waals surface area contributed by atoms with Crippen molar-refractivity contribution >= 4 is 34.1 Å². The van der Waals surface area contributed by atoms with E-state index in [1.165, 1.54) is 0 Å². The summed E-state index contributed by atoms with van der Waals surface area (Å²) in [6, 6.07) is 31.2. The Morgan fingerprint density at radius 2 is 1.46 bits per heavy atom. The third-order valence-corrected chi connectivity index (χ3v) is 7.07. The number of fused-ring (bicyclic) bond motifs is 1. The zero-order chi connectivity index (χ0) is 26.6. The molecule has 0 atom stereocenters. The number of piperazine rings is 1. The van der Waals surface area contributed by atoms with Crippen LogP contribution < -0.4 is 15.1 Å². The number of amides is 1. The number of para-hydroxylation sites is 2. The number of nitrogens with zero attached hydrogens (tertiary/aromatic N) is 4. The molecule has 0 unspecified atom stereocenters. The van der Waals surface area contributed by atoms with Gasteiger partial charge in [0.05, 0.1) is 29.3 Å². The number of phenolic OH excluding ortho intramolecular Hbond substituents is 1. The third-order valence-electron chi connectivity index (χ3n) is 7.07. The van der Waals surface area contributed by atoms with E-state index >= 15 is 0 Å². The number of aromatic nitrogens is 2. The van der Waals surface area contributed by atoms with E-state index in [9.17, 15) is 9.90 Å². The topological polar surface area (TPSA) is 81.6 Å². The number of carbonyl (C=O) groups is 1. The van der Waals surface area contributed by atoms with Crippen molar-refractivity contribution in [2.45, 2.75) is 6.42 Å². The Morgan fingerprint density at radius 3 is 2.23 bits per heavy atom. The van der Waals surface area contributed by atoms with Crippen LogP contribution in [0.4, 0.5) is 17.2 Å². The van der Waals surface area contributed by atoms with E-state index < -0.39 is 0 Å². The van der Waals surface area contributed by atoms with Gasteiger partial charge in [0.1, 0.15) is 11.6 Å². The molecule has 7 heteroatoms. The number of anilines is 3. The molecule has 39 heavy (non-hydrogen) atoms. The summed E-state index contributed by atoms with van der Waals surface area (Å²) in [6.45, 7) is 3.19. The first-order chi connectivity index (χ1) is 19.1. The molecule has 0 bridgehead atoms. The zero-order valence-corrected chi connectivity index (χ0v) is 21.5. The second-order valence-electron chi connectivity index (χ2n) is 9.68. The lowest BCUT2D eigenvalue weighted by Gasteiger charge is -2.36. The molecule has 4 aromatic carbocycles. The number of aromatic hydroxyl groups is 1. The Morgan fingerprint density at radius 1 is 0.769 bits per heavy atom. The van der Waals surface area contributed by atoms with E-state index in [0.29, 0.717) is 12.2 Å². The third kappa shape index (κ3) is 5.52. The fourth-order valence-electron chi connectivity index (χ4n) is 4.97. The lowest BCUT2D eigenvalue weighted by atomic mass is 10.0. The number of rotatable bonds is 6. The number of benzene rings is 4. The van der Waals surface area contributed by atoms with Gasteiger partial charge in [-0.1, -0.05) is 60.7 Å². The summed E-state index contributed by atoms with van der Waals surface area (Å²) in [5.41, 5.74) is 6.40. The normalized spacial score (nSPS) is 13.4. The van der Waals surface area contributed by atoms with Crippen LogP contribution in [0, 0.1) is 0 Å². The Balaban J connectivity index is 1.13. The van der Waals surface area contributed by atoms with Gasteiger partial charge in [0, 0.05) is 31.9 Å². The van der Waals surface area contributed by atoms with Crippen LogP contribution in [0.15, 0.2) is 103 Å². The fourth-order valence-corrected chi connectivity index (χ4v) is 4.97. The molecule has 0 radical (unpaired) electrons. The molecule has 0 aliphatic carbocycles. The summed E-state index contributed by atoms with van der Waals surface area (Å²) in [5.74, 6) is 1.13. The van der Waals surface area contributed by atoms with Crippen LogP contribution in [0.2, 0.25) is 0 Å². The van der Waals surface area contributed by atoms with Gasteiger partial charge in [0.25, 0.3) is 0 Å². The maximum atomic E-state index is 12.4. The first kappa shape index (κ1) is 24.4. The molecule has 2 heterocycles. The summed E-state index contributed by atoms with van der Waals surface area (Å²) in [4.78, 5) is 26.4. The smallest absolute Gasteiger partial charge is 0.228 e. The molecular formula is C32H29N5O2. The van der Waals surface area contributed by atoms with Crippen LogP contribution in [0.3, 0.4) is 0 Å². The van der Waals surface area contributed by atoms with Crippen molar-refractivity contribution < 1.29 is 9.90 Å². The van der Waals surface area contributed by atoms with Crippen LogP contribution in [0.5, 0.6) is 5.75 Å². The van der Waals surface area contributed by atoms with Crippen molar-refractivity contribution in [1.82, 2.24) is 9.97 Å². The molecule has 7 nitrogen and oxygen atoms in total. The fraction of sp³-hybridized carbons (Fsp3) is 0.156. The highest BCUT2D eigenvalue weighted by molar-refractivity contribution is 5.92. The largest absolute Gasteiger partial charge is 0.506 e. The molecule has 1 aliphatic heterocycles. The highest BCUT2D eigenvalue weighted by Crippen LogP contribution is 2.29. The van der Waals surface area contributed by atoms with E-state index in [2.05, 4.69) is 26.2 Å². The number of carbonyl (C=O) groups excluding carboxylic acids is 1. The first-order valence-corrected chi connectivity index (χ1v) is 13.1. The second kappa shape index (κ2) is 10.8. The van der Waals surface area contributed by atoms with Crippen molar-refractivity contribution in [3.63, 3.8) is 0 Å². The minimum atomic E-state index is -0.0381. The van der Waals surface area contributed by atoms with Crippen molar-refractivity contribution in [3.05, 3.63) is 109 Å². The van der Waals surface area contributed by atoms with Gasteiger partial charge in [-0.2, -0.15) is 0 Å². The predicted molar refractivity (Wildman–Crippen MR) is 156 cm³/mol. The number of hydrogen-bond acceptors (Lipinski definition) is 6. The predicted octanol–water partition coefficient (Wildman–Crippen LogP) is 5.51. The van der Waals surface area contributed by atoms with Crippen molar-refractivity contribution in [2.75, 3.05) is 41.3 Å². The highest BCUT2D eigenvalue weighted by Gasteiger charge is 2.20. The standard InChI is InChI=1S/C32H29N5O2/c38-30-9-5-4-8-29(30)36-16-18-37(19-17-36)31-22-33-27-15-12-25(21-28(27)35-31)24-10-13-26(14-11-24)34-32(39)20-23-6-2-1-3-7-23/h1-15,21-22,38H,16-20H2,(H,34,39). The van der Waals surface area contributed by atoms with Gasteiger partial charge in [0.2, 0.25) is 5.91 Å². The van der Waals surface area contributed by atoms with Crippen molar-refractivity contribution in [2.24, 2.45) is 0 Å². The second-order valence-corrected chi connectivity index (χ2v) is 9.68. The molecule has 5 aromatic rings. The van der Waals surface area contributed by atoms with Crippen LogP contribution >= 0.6 is 0 Å². The number of hydrogen-bond donors (Lipinski definition) is 2. The van der Waals surface area contributed by atoms with E-state index in [1.807, 2.05) is 91.1 Å². The molecule has 1 aliphatic rings. The Kier molecular flexibility index (Phi) is 6.78. The van der Waals surface area contributed by atoms with E-state index in [1.54, 1.807) is 6.07 Å². The molecule has 0 spiro atoms. The average Bonchev–Trinajstić information content (AvgIpc) is 2.98. The molecule has 2 N–H and O–H groups in total. The monoisotopic (exact) mass is 515 g/mol. The quantitative estimate of drug-likeness (QED) is 0.310. The Labute approximate surface area is 227 Å².